The normalized spacial score (nSPS) is 14.9. The van der Waals surface area contributed by atoms with Gasteiger partial charge in [0.05, 0.1) is 23.8 Å². The maximum absolute atomic E-state index is 13.8. The second-order valence-electron chi connectivity index (χ2n) is 5.56. The molecule has 0 radical (unpaired) electrons. The van der Waals surface area contributed by atoms with Crippen LogP contribution in [0.25, 0.3) is 0 Å². The molecule has 2 aromatic carbocycles. The third-order valence-electron chi connectivity index (χ3n) is 4.24. The molecule has 0 bridgehead atoms. The van der Waals surface area contributed by atoms with Gasteiger partial charge in [0.1, 0.15) is 5.82 Å². The average Bonchev–Trinajstić information content (AvgIpc) is 2.81. The number of fused-ring (bicyclic) bond motifs is 1. The summed E-state index contributed by atoms with van der Waals surface area (Å²) in [5, 5.41) is 9.66. The van der Waals surface area contributed by atoms with Gasteiger partial charge in [-0.2, -0.15) is 0 Å². The molecule has 124 valence electrons. The molecule has 2 amide bonds. The number of imide groups is 1. The van der Waals surface area contributed by atoms with Gasteiger partial charge in [0.2, 0.25) is 0 Å². The maximum atomic E-state index is 13.8. The molecular weight excluding hydrogens is 333 g/mol. The highest BCUT2D eigenvalue weighted by molar-refractivity contribution is 6.31. The van der Waals surface area contributed by atoms with Crippen molar-refractivity contribution < 1.29 is 19.1 Å². The summed E-state index contributed by atoms with van der Waals surface area (Å²) in [7, 11) is 0. The zero-order valence-corrected chi connectivity index (χ0v) is 13.7. The molecule has 6 heteroatoms. The van der Waals surface area contributed by atoms with E-state index in [0.717, 1.165) is 11.0 Å². The topological polar surface area (TPSA) is 57.6 Å². The Labute approximate surface area is 143 Å². The average molecular weight is 348 g/mol. The van der Waals surface area contributed by atoms with Gasteiger partial charge in [-0.1, -0.05) is 30.7 Å². The number of carbonyl (C=O) groups excluding carboxylic acids is 2. The number of amides is 2. The van der Waals surface area contributed by atoms with Crippen molar-refractivity contribution in [1.29, 1.82) is 0 Å². The maximum Gasteiger partial charge on any atom is 0.262 e. The first kappa shape index (κ1) is 16.6. The van der Waals surface area contributed by atoms with E-state index in [2.05, 4.69) is 0 Å². The minimum Gasteiger partial charge on any atom is -0.392 e. The van der Waals surface area contributed by atoms with Crippen LogP contribution in [-0.2, 0) is 6.61 Å². The van der Waals surface area contributed by atoms with Gasteiger partial charge in [-0.05, 0) is 36.2 Å². The Hall–Kier alpha value is -2.24. The molecular formula is C18H15ClFNO3. The molecule has 3 rings (SSSR count). The van der Waals surface area contributed by atoms with Gasteiger partial charge in [-0.3, -0.25) is 14.5 Å². The van der Waals surface area contributed by atoms with Gasteiger partial charge in [0.15, 0.2) is 0 Å². The number of benzene rings is 2. The van der Waals surface area contributed by atoms with Crippen molar-refractivity contribution in [3.05, 3.63) is 69.5 Å². The number of aliphatic hydroxyl groups excluding tert-OH is 1. The van der Waals surface area contributed by atoms with Crippen molar-refractivity contribution in [3.63, 3.8) is 0 Å². The second-order valence-corrected chi connectivity index (χ2v) is 5.97. The third kappa shape index (κ3) is 2.50. The highest BCUT2D eigenvalue weighted by atomic mass is 35.5. The van der Waals surface area contributed by atoms with E-state index in [4.69, 9.17) is 11.6 Å². The lowest BCUT2D eigenvalue weighted by Gasteiger charge is -2.27. The Morgan fingerprint density at radius 3 is 2.25 bits per heavy atom. The molecule has 1 N–H and O–H groups in total. The molecule has 0 aliphatic carbocycles. The van der Waals surface area contributed by atoms with E-state index in [0.29, 0.717) is 28.7 Å². The summed E-state index contributed by atoms with van der Waals surface area (Å²) in [5.74, 6) is -1.43. The van der Waals surface area contributed by atoms with Crippen molar-refractivity contribution in [2.24, 2.45) is 0 Å². The molecule has 2 aromatic rings. The van der Waals surface area contributed by atoms with Gasteiger partial charge in [-0.25, -0.2) is 4.39 Å². The van der Waals surface area contributed by atoms with Crippen molar-refractivity contribution in [2.45, 2.75) is 26.0 Å². The number of rotatable bonds is 4. The lowest BCUT2D eigenvalue weighted by Crippen LogP contribution is -2.34. The predicted molar refractivity (Wildman–Crippen MR) is 87.3 cm³/mol. The molecule has 0 fully saturated rings. The van der Waals surface area contributed by atoms with Crippen molar-refractivity contribution in [3.8, 4) is 0 Å². The van der Waals surface area contributed by atoms with Crippen LogP contribution in [0.4, 0.5) is 4.39 Å². The smallest absolute Gasteiger partial charge is 0.262 e. The van der Waals surface area contributed by atoms with Crippen LogP contribution < -0.4 is 0 Å². The summed E-state index contributed by atoms with van der Waals surface area (Å²) in [6, 6.07) is 8.18. The van der Waals surface area contributed by atoms with E-state index in [1.807, 2.05) is 0 Å². The number of aliphatic hydroxyl groups is 1. The fourth-order valence-electron chi connectivity index (χ4n) is 3.12. The lowest BCUT2D eigenvalue weighted by atomic mass is 9.97. The zero-order valence-electron chi connectivity index (χ0n) is 12.9. The first-order valence-corrected chi connectivity index (χ1v) is 7.93. The van der Waals surface area contributed by atoms with E-state index >= 15 is 0 Å². The molecule has 0 saturated heterocycles. The van der Waals surface area contributed by atoms with E-state index < -0.39 is 30.3 Å². The number of hydrogen-bond acceptors (Lipinski definition) is 3. The molecule has 0 saturated carbocycles. The van der Waals surface area contributed by atoms with Crippen LogP contribution in [0.2, 0.25) is 5.02 Å². The van der Waals surface area contributed by atoms with Gasteiger partial charge in [0.25, 0.3) is 11.8 Å². The Morgan fingerprint density at radius 1 is 1.17 bits per heavy atom. The van der Waals surface area contributed by atoms with Crippen molar-refractivity contribution in [1.82, 2.24) is 4.90 Å². The minimum absolute atomic E-state index is 0.0718. The zero-order chi connectivity index (χ0) is 17.4. The molecule has 1 atom stereocenters. The van der Waals surface area contributed by atoms with E-state index in [-0.39, 0.29) is 5.02 Å². The van der Waals surface area contributed by atoms with Crippen LogP contribution in [0.1, 0.15) is 51.2 Å². The Morgan fingerprint density at radius 2 is 1.75 bits per heavy atom. The minimum atomic E-state index is -0.701. The highest BCUT2D eigenvalue weighted by Gasteiger charge is 2.40. The predicted octanol–water partition coefficient (Wildman–Crippen LogP) is 3.72. The monoisotopic (exact) mass is 347 g/mol. The number of nitrogens with zero attached hydrogens (tertiary/aromatic N) is 1. The van der Waals surface area contributed by atoms with Crippen LogP contribution in [0.15, 0.2) is 36.4 Å². The summed E-state index contributed by atoms with van der Waals surface area (Å²) >= 11 is 6.02. The fourth-order valence-corrected chi connectivity index (χ4v) is 3.39. The standard InChI is InChI=1S/C18H15ClFNO3/c1-2-16(13-7-10(20)8-15(19)14(13)9-22)21-17(23)11-5-3-4-6-12(11)18(21)24/h3-8,16,22H,2,9H2,1H3. The van der Waals surface area contributed by atoms with E-state index in [1.54, 1.807) is 31.2 Å². The first-order chi connectivity index (χ1) is 11.5. The number of hydrogen-bond donors (Lipinski definition) is 1. The second kappa shape index (κ2) is 6.34. The van der Waals surface area contributed by atoms with Crippen LogP contribution >= 0.6 is 11.6 Å². The number of halogens is 2. The Bertz CT molecular complexity index is 802. The highest BCUT2D eigenvalue weighted by Crippen LogP contribution is 2.37. The largest absolute Gasteiger partial charge is 0.392 e. The summed E-state index contributed by atoms with van der Waals surface area (Å²) in [4.78, 5) is 26.5. The van der Waals surface area contributed by atoms with E-state index in [1.165, 1.54) is 6.07 Å². The first-order valence-electron chi connectivity index (χ1n) is 7.55. The summed E-state index contributed by atoms with van der Waals surface area (Å²) < 4.78 is 13.8. The fraction of sp³-hybridized carbons (Fsp3) is 0.222. The van der Waals surface area contributed by atoms with Gasteiger partial charge in [0, 0.05) is 10.6 Å². The van der Waals surface area contributed by atoms with Crippen LogP contribution in [-0.4, -0.2) is 21.8 Å². The van der Waals surface area contributed by atoms with Gasteiger partial charge in [-0.15, -0.1) is 0 Å². The van der Waals surface area contributed by atoms with Crippen molar-refractivity contribution in [2.75, 3.05) is 0 Å². The molecule has 0 spiro atoms. The molecule has 1 aliphatic rings. The van der Waals surface area contributed by atoms with E-state index in [9.17, 15) is 19.1 Å². The Kier molecular flexibility index (Phi) is 4.39. The third-order valence-corrected chi connectivity index (χ3v) is 4.57. The quantitative estimate of drug-likeness (QED) is 0.857. The van der Waals surface area contributed by atoms with Crippen LogP contribution in [0.3, 0.4) is 0 Å². The van der Waals surface area contributed by atoms with Crippen LogP contribution in [0.5, 0.6) is 0 Å². The molecule has 1 heterocycles. The molecule has 1 aliphatic heterocycles. The van der Waals surface area contributed by atoms with Crippen LogP contribution in [0, 0.1) is 5.82 Å². The lowest BCUT2D eigenvalue weighted by molar-refractivity contribution is 0.0575. The molecule has 4 nitrogen and oxygen atoms in total. The molecule has 24 heavy (non-hydrogen) atoms. The molecule has 0 aromatic heterocycles. The Balaban J connectivity index is 2.12. The summed E-state index contributed by atoms with van der Waals surface area (Å²) in [5.41, 5.74) is 1.32. The van der Waals surface area contributed by atoms with Crippen molar-refractivity contribution >= 4 is 23.4 Å². The van der Waals surface area contributed by atoms with Gasteiger partial charge < -0.3 is 5.11 Å². The molecule has 1 unspecified atom stereocenters. The SMILES string of the molecule is CCC(c1cc(F)cc(Cl)c1CO)N1C(=O)c2ccccc2C1=O. The van der Waals surface area contributed by atoms with Gasteiger partial charge >= 0.3 is 0 Å². The number of carbonyl (C=O) groups is 2. The summed E-state index contributed by atoms with van der Waals surface area (Å²) in [6.45, 7) is 1.38. The summed E-state index contributed by atoms with van der Waals surface area (Å²) in [6.07, 6.45) is 0.373.